The molecule has 3 rings (SSSR count). The minimum absolute atomic E-state index is 0.292. The van der Waals surface area contributed by atoms with E-state index in [0.717, 1.165) is 38.3 Å². The Hall–Kier alpha value is -2.38. The smallest absolute Gasteiger partial charge is 0.338 e. The lowest BCUT2D eigenvalue weighted by atomic mass is 9.95. The zero-order valence-electron chi connectivity index (χ0n) is 16.0. The second kappa shape index (κ2) is 9.01. The van der Waals surface area contributed by atoms with Crippen molar-refractivity contribution in [3.8, 4) is 0 Å². The molecule has 2 N–H and O–H groups in total. The normalized spacial score (nSPS) is 21.6. The standard InChI is InChI=1S/C20H28N4O3/c1-3-23-10-12-24(13-11-23)14-16-17(19(25)27-4-2)18(22-20(26)21-16)15-8-6-5-7-9-15/h5-9,18H,3-4,10-14H2,1-2H3,(H2,21,22,26). The molecule has 1 saturated heterocycles. The van der Waals surface area contributed by atoms with Gasteiger partial charge in [-0.3, -0.25) is 4.90 Å². The highest BCUT2D eigenvalue weighted by Crippen LogP contribution is 2.28. The van der Waals surface area contributed by atoms with E-state index in [1.54, 1.807) is 6.92 Å². The molecule has 2 heterocycles. The van der Waals surface area contributed by atoms with Crippen molar-refractivity contribution in [2.75, 3.05) is 45.9 Å². The third-order valence-electron chi connectivity index (χ3n) is 5.08. The van der Waals surface area contributed by atoms with Gasteiger partial charge in [0.1, 0.15) is 0 Å². The summed E-state index contributed by atoms with van der Waals surface area (Å²) in [7, 11) is 0. The maximum atomic E-state index is 12.7. The van der Waals surface area contributed by atoms with E-state index in [1.807, 2.05) is 30.3 Å². The van der Waals surface area contributed by atoms with Gasteiger partial charge in [0.15, 0.2) is 0 Å². The molecule has 0 saturated carbocycles. The Morgan fingerprint density at radius 1 is 1.11 bits per heavy atom. The van der Waals surface area contributed by atoms with Crippen LogP contribution in [0.4, 0.5) is 4.79 Å². The molecule has 0 aromatic heterocycles. The van der Waals surface area contributed by atoms with Crippen molar-refractivity contribution in [1.82, 2.24) is 20.4 Å². The summed E-state index contributed by atoms with van der Waals surface area (Å²) in [5.74, 6) is -0.388. The van der Waals surface area contributed by atoms with Crippen LogP contribution in [0.2, 0.25) is 0 Å². The van der Waals surface area contributed by atoms with Crippen molar-refractivity contribution in [1.29, 1.82) is 0 Å². The van der Waals surface area contributed by atoms with Gasteiger partial charge >= 0.3 is 12.0 Å². The number of likely N-dealkylation sites (N-methyl/N-ethyl adjacent to an activating group) is 1. The molecule has 2 aliphatic rings. The first-order valence-electron chi connectivity index (χ1n) is 9.59. The van der Waals surface area contributed by atoms with Gasteiger partial charge in [-0.05, 0) is 19.0 Å². The monoisotopic (exact) mass is 372 g/mol. The Labute approximate surface area is 160 Å². The highest BCUT2D eigenvalue weighted by Gasteiger charge is 2.34. The largest absolute Gasteiger partial charge is 0.463 e. The van der Waals surface area contributed by atoms with E-state index in [0.29, 0.717) is 24.4 Å². The number of rotatable bonds is 6. The molecule has 1 aromatic rings. The molecular weight excluding hydrogens is 344 g/mol. The second-order valence-electron chi connectivity index (χ2n) is 6.77. The highest BCUT2D eigenvalue weighted by molar-refractivity contribution is 5.95. The topological polar surface area (TPSA) is 73.9 Å². The van der Waals surface area contributed by atoms with E-state index in [1.165, 1.54) is 0 Å². The average molecular weight is 372 g/mol. The van der Waals surface area contributed by atoms with E-state index in [-0.39, 0.29) is 12.0 Å². The molecule has 2 amide bonds. The van der Waals surface area contributed by atoms with Crippen LogP contribution in [0.15, 0.2) is 41.6 Å². The molecule has 2 aliphatic heterocycles. The number of amides is 2. The van der Waals surface area contributed by atoms with E-state index in [4.69, 9.17) is 4.74 Å². The fraction of sp³-hybridized carbons (Fsp3) is 0.500. The molecule has 1 unspecified atom stereocenters. The maximum absolute atomic E-state index is 12.7. The van der Waals surface area contributed by atoms with Gasteiger partial charge in [-0.2, -0.15) is 0 Å². The van der Waals surface area contributed by atoms with E-state index < -0.39 is 6.04 Å². The third kappa shape index (κ3) is 4.67. The van der Waals surface area contributed by atoms with Gasteiger partial charge in [0.2, 0.25) is 0 Å². The number of nitrogens with zero attached hydrogens (tertiary/aromatic N) is 2. The zero-order valence-corrected chi connectivity index (χ0v) is 16.0. The SMILES string of the molecule is CCOC(=O)C1=C(CN2CCN(CC)CC2)NC(=O)NC1c1ccccc1. The van der Waals surface area contributed by atoms with Crippen molar-refractivity contribution in [2.45, 2.75) is 19.9 Å². The van der Waals surface area contributed by atoms with Crippen LogP contribution in [0.5, 0.6) is 0 Å². The molecule has 146 valence electrons. The number of ether oxygens (including phenoxy) is 1. The average Bonchev–Trinajstić information content (AvgIpc) is 2.69. The molecular formula is C20H28N4O3. The summed E-state index contributed by atoms with van der Waals surface area (Å²) in [6.07, 6.45) is 0. The Balaban J connectivity index is 1.89. The predicted octanol–water partition coefficient (Wildman–Crippen LogP) is 1.50. The van der Waals surface area contributed by atoms with Crippen molar-refractivity contribution in [3.05, 3.63) is 47.2 Å². The molecule has 0 aliphatic carbocycles. The number of carbonyl (C=O) groups is 2. The second-order valence-corrected chi connectivity index (χ2v) is 6.77. The van der Waals surface area contributed by atoms with Gasteiger partial charge in [-0.1, -0.05) is 37.3 Å². The molecule has 1 aromatic carbocycles. The highest BCUT2D eigenvalue weighted by atomic mass is 16.5. The third-order valence-corrected chi connectivity index (χ3v) is 5.08. The Morgan fingerprint density at radius 3 is 2.41 bits per heavy atom. The van der Waals surface area contributed by atoms with Gasteiger partial charge < -0.3 is 20.3 Å². The summed E-state index contributed by atoms with van der Waals surface area (Å²) >= 11 is 0. The van der Waals surface area contributed by atoms with Gasteiger partial charge in [0.25, 0.3) is 0 Å². The van der Waals surface area contributed by atoms with Crippen LogP contribution < -0.4 is 10.6 Å². The van der Waals surface area contributed by atoms with Crippen molar-refractivity contribution in [3.63, 3.8) is 0 Å². The fourth-order valence-corrected chi connectivity index (χ4v) is 3.58. The van der Waals surface area contributed by atoms with Crippen molar-refractivity contribution >= 4 is 12.0 Å². The van der Waals surface area contributed by atoms with Gasteiger partial charge in [-0.15, -0.1) is 0 Å². The molecule has 0 bridgehead atoms. The summed E-state index contributed by atoms with van der Waals surface area (Å²) in [4.78, 5) is 29.7. The van der Waals surface area contributed by atoms with Crippen molar-refractivity contribution in [2.24, 2.45) is 0 Å². The number of piperazine rings is 1. The summed E-state index contributed by atoms with van der Waals surface area (Å²) in [6, 6.07) is 8.73. The van der Waals surface area contributed by atoms with Crippen LogP contribution >= 0.6 is 0 Å². The number of hydrogen-bond acceptors (Lipinski definition) is 5. The predicted molar refractivity (Wildman–Crippen MR) is 103 cm³/mol. The summed E-state index contributed by atoms with van der Waals surface area (Å²) < 4.78 is 5.31. The number of esters is 1. The minimum atomic E-state index is -0.508. The molecule has 1 fully saturated rings. The maximum Gasteiger partial charge on any atom is 0.338 e. The molecule has 27 heavy (non-hydrogen) atoms. The molecule has 1 atom stereocenters. The fourth-order valence-electron chi connectivity index (χ4n) is 3.58. The van der Waals surface area contributed by atoms with Crippen LogP contribution in [0.3, 0.4) is 0 Å². The van der Waals surface area contributed by atoms with E-state index in [2.05, 4.69) is 27.4 Å². The van der Waals surface area contributed by atoms with Gasteiger partial charge in [-0.25, -0.2) is 9.59 Å². The zero-order chi connectivity index (χ0) is 19.2. The number of urea groups is 1. The summed E-state index contributed by atoms with van der Waals surface area (Å²) in [5, 5.41) is 5.72. The van der Waals surface area contributed by atoms with E-state index >= 15 is 0 Å². The van der Waals surface area contributed by atoms with E-state index in [9.17, 15) is 9.59 Å². The lowest BCUT2D eigenvalue weighted by Gasteiger charge is -2.36. The first-order valence-corrected chi connectivity index (χ1v) is 9.59. The number of hydrogen-bond donors (Lipinski definition) is 2. The lowest BCUT2D eigenvalue weighted by Crippen LogP contribution is -2.51. The quantitative estimate of drug-likeness (QED) is 0.741. The number of carbonyl (C=O) groups excluding carboxylic acids is 2. The van der Waals surface area contributed by atoms with Crippen LogP contribution in [-0.4, -0.2) is 67.7 Å². The van der Waals surface area contributed by atoms with Gasteiger partial charge in [0, 0.05) is 38.4 Å². The van der Waals surface area contributed by atoms with Crippen LogP contribution in [0, 0.1) is 0 Å². The molecule has 7 nitrogen and oxygen atoms in total. The number of nitrogens with one attached hydrogen (secondary N) is 2. The molecule has 0 spiro atoms. The van der Waals surface area contributed by atoms with Crippen LogP contribution in [-0.2, 0) is 9.53 Å². The van der Waals surface area contributed by atoms with Crippen LogP contribution in [0.1, 0.15) is 25.5 Å². The van der Waals surface area contributed by atoms with Crippen molar-refractivity contribution < 1.29 is 14.3 Å². The molecule has 0 radical (unpaired) electrons. The molecule has 7 heteroatoms. The summed E-state index contributed by atoms with van der Waals surface area (Å²) in [5.41, 5.74) is 1.99. The Bertz CT molecular complexity index is 696. The first-order chi connectivity index (χ1) is 13.1. The van der Waals surface area contributed by atoms with Gasteiger partial charge in [0.05, 0.1) is 18.2 Å². The number of benzene rings is 1. The first kappa shape index (κ1) is 19.4. The Morgan fingerprint density at radius 2 is 1.78 bits per heavy atom. The lowest BCUT2D eigenvalue weighted by molar-refractivity contribution is -0.139. The summed E-state index contributed by atoms with van der Waals surface area (Å²) in [6.45, 7) is 9.62. The Kier molecular flexibility index (Phi) is 6.47. The minimum Gasteiger partial charge on any atom is -0.463 e. The van der Waals surface area contributed by atoms with Crippen LogP contribution in [0.25, 0.3) is 0 Å².